The minimum absolute atomic E-state index is 0.0770. The van der Waals surface area contributed by atoms with E-state index in [0.29, 0.717) is 16.5 Å². The first-order chi connectivity index (χ1) is 13.8. The second-order valence-electron chi connectivity index (χ2n) is 6.33. The predicted molar refractivity (Wildman–Crippen MR) is 97.8 cm³/mol. The summed E-state index contributed by atoms with van der Waals surface area (Å²) in [5, 5.41) is 4.48. The van der Waals surface area contributed by atoms with Crippen LogP contribution in [0.4, 0.5) is 13.2 Å². The Bertz CT molecular complexity index is 1220. The molecule has 2 aromatic heterocycles. The van der Waals surface area contributed by atoms with Crippen molar-refractivity contribution in [2.45, 2.75) is 12.6 Å². The number of benzene rings is 2. The van der Waals surface area contributed by atoms with Crippen LogP contribution in [0, 0.1) is 0 Å². The maximum absolute atomic E-state index is 13.2. The summed E-state index contributed by atoms with van der Waals surface area (Å²) < 4.78 is 44.5. The Kier molecular flexibility index (Phi) is 4.50. The fraction of sp³-hybridized carbons (Fsp3) is 0.100. The molecule has 4 rings (SSSR count). The third-order valence-corrected chi connectivity index (χ3v) is 4.41. The van der Waals surface area contributed by atoms with Gasteiger partial charge in [-0.2, -0.15) is 13.2 Å². The maximum atomic E-state index is 13.2. The molecule has 4 aromatic rings. The van der Waals surface area contributed by atoms with Crippen LogP contribution >= 0.6 is 0 Å². The van der Waals surface area contributed by atoms with Gasteiger partial charge in [0.1, 0.15) is 23.3 Å². The van der Waals surface area contributed by atoms with E-state index in [-0.39, 0.29) is 29.1 Å². The zero-order valence-corrected chi connectivity index (χ0v) is 14.8. The highest BCUT2D eigenvalue weighted by atomic mass is 19.4. The molecule has 0 saturated carbocycles. The number of primary amides is 1. The first kappa shape index (κ1) is 18.6. The van der Waals surface area contributed by atoms with Crippen molar-refractivity contribution in [1.82, 2.24) is 15.1 Å². The maximum Gasteiger partial charge on any atom is 0.416 e. The lowest BCUT2D eigenvalue weighted by molar-refractivity contribution is -0.138. The molecule has 0 unspecified atom stereocenters. The fourth-order valence-corrected chi connectivity index (χ4v) is 3.04. The van der Waals surface area contributed by atoms with Gasteiger partial charge in [-0.1, -0.05) is 35.5 Å². The smallest absolute Gasteiger partial charge is 0.365 e. The molecule has 0 radical (unpaired) electrons. The van der Waals surface area contributed by atoms with Crippen molar-refractivity contribution in [3.05, 3.63) is 77.4 Å². The van der Waals surface area contributed by atoms with Gasteiger partial charge in [0, 0.05) is 23.6 Å². The van der Waals surface area contributed by atoms with Crippen LogP contribution in [0.5, 0.6) is 0 Å². The van der Waals surface area contributed by atoms with Gasteiger partial charge >= 0.3 is 6.18 Å². The van der Waals surface area contributed by atoms with Crippen molar-refractivity contribution in [2.24, 2.45) is 5.73 Å². The summed E-state index contributed by atoms with van der Waals surface area (Å²) in [5.41, 5.74) is 6.11. The summed E-state index contributed by atoms with van der Waals surface area (Å²) in [4.78, 5) is 20.1. The third kappa shape index (κ3) is 3.66. The highest BCUT2D eigenvalue weighted by molar-refractivity contribution is 5.99. The van der Waals surface area contributed by atoms with Crippen LogP contribution in [-0.4, -0.2) is 21.0 Å². The SMILES string of the molecule is NC(=O)c1conc1-c1ccc2cnc(Cc3ccccc3C(F)(F)F)nc2c1. The number of alkyl halides is 3. The molecule has 2 N–H and O–H groups in total. The van der Waals surface area contributed by atoms with E-state index in [9.17, 15) is 18.0 Å². The highest BCUT2D eigenvalue weighted by Crippen LogP contribution is 2.32. The van der Waals surface area contributed by atoms with Crippen LogP contribution in [0.2, 0.25) is 0 Å². The molecule has 9 heteroatoms. The predicted octanol–water partition coefficient (Wildman–Crippen LogP) is 3.99. The second-order valence-corrected chi connectivity index (χ2v) is 6.33. The lowest BCUT2D eigenvalue weighted by Gasteiger charge is -2.12. The fourth-order valence-electron chi connectivity index (χ4n) is 3.04. The number of carbonyl (C=O) groups excluding carboxylic acids is 1. The number of halogens is 3. The van der Waals surface area contributed by atoms with Gasteiger partial charge in [0.25, 0.3) is 5.91 Å². The third-order valence-electron chi connectivity index (χ3n) is 4.41. The quantitative estimate of drug-likeness (QED) is 0.561. The molecule has 146 valence electrons. The summed E-state index contributed by atoms with van der Waals surface area (Å²) in [7, 11) is 0. The number of hydrogen-bond acceptors (Lipinski definition) is 5. The summed E-state index contributed by atoms with van der Waals surface area (Å²) in [6.07, 6.45) is -1.85. The van der Waals surface area contributed by atoms with Gasteiger partial charge < -0.3 is 10.3 Å². The summed E-state index contributed by atoms with van der Waals surface area (Å²) >= 11 is 0. The number of nitrogens with two attached hydrogens (primary N) is 1. The number of carbonyl (C=O) groups is 1. The molecule has 0 saturated heterocycles. The van der Waals surface area contributed by atoms with E-state index in [0.717, 1.165) is 12.3 Å². The van der Waals surface area contributed by atoms with Crippen molar-refractivity contribution >= 4 is 16.8 Å². The van der Waals surface area contributed by atoms with Crippen LogP contribution in [0.25, 0.3) is 22.2 Å². The first-order valence-electron chi connectivity index (χ1n) is 8.48. The van der Waals surface area contributed by atoms with Gasteiger partial charge in [0.2, 0.25) is 0 Å². The average Bonchev–Trinajstić information content (AvgIpc) is 3.17. The number of amides is 1. The van der Waals surface area contributed by atoms with Crippen LogP contribution in [-0.2, 0) is 12.6 Å². The molecular formula is C20H13F3N4O2. The summed E-state index contributed by atoms with van der Waals surface area (Å²) in [5.74, 6) is -0.449. The molecule has 1 amide bonds. The number of rotatable bonds is 4. The zero-order valence-electron chi connectivity index (χ0n) is 14.8. The molecular weight excluding hydrogens is 385 g/mol. The molecule has 2 aromatic carbocycles. The topological polar surface area (TPSA) is 94.9 Å². The van der Waals surface area contributed by atoms with Crippen molar-refractivity contribution in [3.63, 3.8) is 0 Å². The summed E-state index contributed by atoms with van der Waals surface area (Å²) in [6, 6.07) is 10.4. The van der Waals surface area contributed by atoms with Crippen LogP contribution < -0.4 is 5.73 Å². The van der Waals surface area contributed by atoms with E-state index >= 15 is 0 Å². The van der Waals surface area contributed by atoms with Gasteiger partial charge in [-0.15, -0.1) is 0 Å². The van der Waals surface area contributed by atoms with Crippen LogP contribution in [0.3, 0.4) is 0 Å². The molecule has 0 spiro atoms. The molecule has 0 bridgehead atoms. The van der Waals surface area contributed by atoms with Crippen LogP contribution in [0.15, 0.2) is 59.4 Å². The largest absolute Gasteiger partial charge is 0.416 e. The second kappa shape index (κ2) is 7.01. The molecule has 29 heavy (non-hydrogen) atoms. The lowest BCUT2D eigenvalue weighted by atomic mass is 10.0. The first-order valence-corrected chi connectivity index (χ1v) is 8.48. The van der Waals surface area contributed by atoms with Crippen molar-refractivity contribution in [3.8, 4) is 11.3 Å². The van der Waals surface area contributed by atoms with Gasteiger partial charge in [-0.3, -0.25) is 4.79 Å². The molecule has 0 fully saturated rings. The van der Waals surface area contributed by atoms with Crippen molar-refractivity contribution in [2.75, 3.05) is 0 Å². The minimum atomic E-state index is -4.46. The molecule has 6 nitrogen and oxygen atoms in total. The van der Waals surface area contributed by atoms with Gasteiger partial charge in [-0.05, 0) is 17.7 Å². The molecule has 2 heterocycles. The van der Waals surface area contributed by atoms with Gasteiger partial charge in [0.15, 0.2) is 0 Å². The zero-order chi connectivity index (χ0) is 20.6. The molecule has 0 aliphatic rings. The van der Waals surface area contributed by atoms with Crippen molar-refractivity contribution in [1.29, 1.82) is 0 Å². The Morgan fingerprint density at radius 2 is 1.93 bits per heavy atom. The number of fused-ring (bicyclic) bond motifs is 1. The highest BCUT2D eigenvalue weighted by Gasteiger charge is 2.33. The molecule has 0 aliphatic heterocycles. The number of aromatic nitrogens is 3. The van der Waals surface area contributed by atoms with E-state index in [4.69, 9.17) is 10.3 Å². The number of hydrogen-bond donors (Lipinski definition) is 1. The van der Waals surface area contributed by atoms with E-state index in [1.807, 2.05) is 0 Å². The Morgan fingerprint density at radius 1 is 1.14 bits per heavy atom. The molecule has 0 atom stereocenters. The monoisotopic (exact) mass is 398 g/mol. The van der Waals surface area contributed by atoms with Crippen LogP contribution in [0.1, 0.15) is 27.3 Å². The average molecular weight is 398 g/mol. The summed E-state index contributed by atoms with van der Waals surface area (Å²) in [6.45, 7) is 0. The Hall–Kier alpha value is -3.75. The standard InChI is InChI=1S/C20H13F3N4O2/c21-20(22,23)15-4-2-1-3-11(15)8-17-25-9-13-6-5-12(7-16(13)26-17)18-14(19(24)28)10-29-27-18/h1-7,9-10H,8H2,(H2,24,28). The Morgan fingerprint density at radius 3 is 2.69 bits per heavy atom. The van der Waals surface area contributed by atoms with E-state index < -0.39 is 17.6 Å². The van der Waals surface area contributed by atoms with Crippen molar-refractivity contribution < 1.29 is 22.5 Å². The lowest BCUT2D eigenvalue weighted by Crippen LogP contribution is -2.11. The minimum Gasteiger partial charge on any atom is -0.365 e. The van der Waals surface area contributed by atoms with E-state index in [1.54, 1.807) is 24.3 Å². The Balaban J connectivity index is 1.73. The van der Waals surface area contributed by atoms with Gasteiger partial charge in [-0.25, -0.2) is 9.97 Å². The van der Waals surface area contributed by atoms with Gasteiger partial charge in [0.05, 0.1) is 11.1 Å². The Labute approximate surface area is 162 Å². The normalized spacial score (nSPS) is 11.7. The molecule has 0 aliphatic carbocycles. The van der Waals surface area contributed by atoms with E-state index in [1.165, 1.54) is 18.3 Å². The van der Waals surface area contributed by atoms with E-state index in [2.05, 4.69) is 15.1 Å². The number of nitrogens with zero attached hydrogens (tertiary/aromatic N) is 3.